The van der Waals surface area contributed by atoms with Crippen LogP contribution in [0.15, 0.2) is 42.6 Å². The summed E-state index contributed by atoms with van der Waals surface area (Å²) in [5, 5.41) is 5.41. The van der Waals surface area contributed by atoms with Crippen molar-refractivity contribution in [2.75, 3.05) is 19.7 Å². The molecule has 31 heavy (non-hydrogen) atoms. The Balaban J connectivity index is 1.25. The molecule has 7 nitrogen and oxygen atoms in total. The van der Waals surface area contributed by atoms with Crippen LogP contribution in [0.25, 0.3) is 10.9 Å². The van der Waals surface area contributed by atoms with Gasteiger partial charge in [-0.3, -0.25) is 9.48 Å². The number of aryl methyl sites for hydroxylation is 2. The van der Waals surface area contributed by atoms with Crippen LogP contribution in [0.4, 0.5) is 0 Å². The van der Waals surface area contributed by atoms with E-state index >= 15 is 0 Å². The third-order valence-corrected chi connectivity index (χ3v) is 6.55. The van der Waals surface area contributed by atoms with Gasteiger partial charge in [0.2, 0.25) is 5.88 Å². The smallest absolute Gasteiger partial charge is 0.275 e. The number of hydrogen-bond donors (Lipinski definition) is 0. The second-order valence-corrected chi connectivity index (χ2v) is 8.72. The van der Waals surface area contributed by atoms with Gasteiger partial charge in [0.05, 0.1) is 17.7 Å². The van der Waals surface area contributed by atoms with Gasteiger partial charge in [-0.2, -0.15) is 5.10 Å². The summed E-state index contributed by atoms with van der Waals surface area (Å²) in [6, 6.07) is 11.8. The largest absolute Gasteiger partial charge is 0.474 e. The molecule has 1 aromatic carbocycles. The van der Waals surface area contributed by atoms with Gasteiger partial charge in [0.25, 0.3) is 5.91 Å². The first-order valence-electron chi connectivity index (χ1n) is 11.0. The summed E-state index contributed by atoms with van der Waals surface area (Å²) in [4.78, 5) is 19.5. The molecule has 1 amide bonds. The van der Waals surface area contributed by atoms with Crippen molar-refractivity contribution in [3.05, 3.63) is 53.9 Å². The quantitative estimate of drug-likeness (QED) is 0.649. The highest BCUT2D eigenvalue weighted by Gasteiger charge is 2.42. The van der Waals surface area contributed by atoms with Crippen LogP contribution in [0.5, 0.6) is 5.88 Å². The summed E-state index contributed by atoms with van der Waals surface area (Å²) in [6.45, 7) is 4.05. The van der Waals surface area contributed by atoms with E-state index in [1.807, 2.05) is 55.3 Å². The summed E-state index contributed by atoms with van der Waals surface area (Å²) in [7, 11) is 1.88. The Morgan fingerprint density at radius 2 is 2.03 bits per heavy atom. The lowest BCUT2D eigenvalue weighted by Crippen LogP contribution is -2.52. The molecule has 0 aliphatic carbocycles. The second kappa shape index (κ2) is 7.96. The number of rotatable bonds is 3. The van der Waals surface area contributed by atoms with Gasteiger partial charge in [0.1, 0.15) is 6.10 Å². The van der Waals surface area contributed by atoms with Crippen molar-refractivity contribution in [3.63, 3.8) is 0 Å². The Bertz CT molecular complexity index is 1100. The normalized spacial score (nSPS) is 20.8. The molecule has 2 fully saturated rings. The summed E-state index contributed by atoms with van der Waals surface area (Å²) >= 11 is 0. The lowest BCUT2D eigenvalue weighted by atomic mass is 9.83. The number of nitrogens with zero attached hydrogens (tertiary/aromatic N) is 4. The van der Waals surface area contributed by atoms with Gasteiger partial charge in [-0.15, -0.1) is 0 Å². The van der Waals surface area contributed by atoms with E-state index in [0.717, 1.165) is 42.1 Å². The first-order valence-corrected chi connectivity index (χ1v) is 11.0. The lowest BCUT2D eigenvalue weighted by Gasteiger charge is -2.45. The zero-order valence-corrected chi connectivity index (χ0v) is 18.1. The van der Waals surface area contributed by atoms with Crippen molar-refractivity contribution in [1.29, 1.82) is 0 Å². The highest BCUT2D eigenvalue weighted by Crippen LogP contribution is 2.37. The Morgan fingerprint density at radius 1 is 1.23 bits per heavy atom. The third-order valence-electron chi connectivity index (χ3n) is 6.55. The molecule has 0 saturated carbocycles. The van der Waals surface area contributed by atoms with Crippen LogP contribution in [0.2, 0.25) is 0 Å². The number of piperidine rings is 1. The number of ether oxygens (including phenoxy) is 2. The van der Waals surface area contributed by atoms with E-state index in [0.29, 0.717) is 31.3 Å². The van der Waals surface area contributed by atoms with Crippen molar-refractivity contribution in [2.45, 2.75) is 44.3 Å². The molecule has 0 bridgehead atoms. The molecule has 1 spiro atoms. The topological polar surface area (TPSA) is 69.5 Å². The molecule has 2 aromatic heterocycles. The molecule has 7 heteroatoms. The zero-order valence-electron chi connectivity index (χ0n) is 18.1. The summed E-state index contributed by atoms with van der Waals surface area (Å²) in [6.07, 6.45) is 5.18. The monoisotopic (exact) mass is 420 g/mol. The molecule has 0 radical (unpaired) electrons. The number of carbonyl (C=O) groups is 1. The standard InChI is InChI=1S/C24H28N4O3/c1-17-7-11-25-21(15-17)31-18-8-14-30-24(16-18)9-12-28(13-10-24)23(29)22-19-5-3-4-6-20(19)27(2)26-22/h3-7,11,15,18H,8-10,12-14,16H2,1-2H3. The first-order chi connectivity index (χ1) is 15.0. The Kier molecular flexibility index (Phi) is 5.14. The van der Waals surface area contributed by atoms with Crippen LogP contribution >= 0.6 is 0 Å². The first kappa shape index (κ1) is 20.0. The molecule has 1 atom stereocenters. The number of aromatic nitrogens is 3. The average Bonchev–Trinajstić information content (AvgIpc) is 3.11. The van der Waals surface area contributed by atoms with Gasteiger partial charge in [0.15, 0.2) is 5.69 Å². The van der Waals surface area contributed by atoms with Crippen LogP contribution in [0.1, 0.15) is 41.7 Å². The predicted octanol–water partition coefficient (Wildman–Crippen LogP) is 3.51. The van der Waals surface area contributed by atoms with Crippen LogP contribution in [0, 0.1) is 6.92 Å². The van der Waals surface area contributed by atoms with Crippen LogP contribution in [-0.2, 0) is 11.8 Å². The van der Waals surface area contributed by atoms with Crippen molar-refractivity contribution in [2.24, 2.45) is 7.05 Å². The number of likely N-dealkylation sites (tertiary alicyclic amines) is 1. The number of fused-ring (bicyclic) bond motifs is 1. The number of hydrogen-bond acceptors (Lipinski definition) is 5. The molecule has 2 saturated heterocycles. The summed E-state index contributed by atoms with van der Waals surface area (Å²) < 4.78 is 14.2. The van der Waals surface area contributed by atoms with Crippen molar-refractivity contribution in [1.82, 2.24) is 19.7 Å². The summed E-state index contributed by atoms with van der Waals surface area (Å²) in [5.74, 6) is 0.677. The van der Waals surface area contributed by atoms with Crippen LogP contribution in [0.3, 0.4) is 0 Å². The maximum absolute atomic E-state index is 13.2. The van der Waals surface area contributed by atoms with E-state index in [2.05, 4.69) is 10.1 Å². The highest BCUT2D eigenvalue weighted by molar-refractivity contribution is 6.04. The average molecular weight is 421 g/mol. The molecule has 2 aliphatic heterocycles. The van der Waals surface area contributed by atoms with Crippen LogP contribution < -0.4 is 4.74 Å². The van der Waals surface area contributed by atoms with Gasteiger partial charge in [0, 0.05) is 50.6 Å². The van der Waals surface area contributed by atoms with Crippen LogP contribution in [-0.4, -0.2) is 57.0 Å². The fraction of sp³-hybridized carbons (Fsp3) is 0.458. The lowest BCUT2D eigenvalue weighted by molar-refractivity contribution is -0.135. The minimum atomic E-state index is -0.226. The Hall–Kier alpha value is -2.93. The number of carbonyl (C=O) groups excluding carboxylic acids is 1. The Morgan fingerprint density at radius 3 is 2.84 bits per heavy atom. The fourth-order valence-electron chi connectivity index (χ4n) is 4.81. The van der Waals surface area contributed by atoms with E-state index in [1.165, 1.54) is 0 Å². The molecule has 3 aromatic rings. The van der Waals surface area contributed by atoms with E-state index in [1.54, 1.807) is 10.9 Å². The number of para-hydroxylation sites is 1. The second-order valence-electron chi connectivity index (χ2n) is 8.72. The minimum Gasteiger partial charge on any atom is -0.474 e. The molecular formula is C24H28N4O3. The molecule has 162 valence electrons. The molecular weight excluding hydrogens is 392 g/mol. The van der Waals surface area contributed by atoms with Crippen molar-refractivity contribution < 1.29 is 14.3 Å². The van der Waals surface area contributed by atoms with E-state index < -0.39 is 0 Å². The predicted molar refractivity (Wildman–Crippen MR) is 117 cm³/mol. The number of pyridine rings is 1. The molecule has 4 heterocycles. The maximum atomic E-state index is 13.2. The fourth-order valence-corrected chi connectivity index (χ4v) is 4.81. The molecule has 5 rings (SSSR count). The van der Waals surface area contributed by atoms with Gasteiger partial charge >= 0.3 is 0 Å². The van der Waals surface area contributed by atoms with E-state index in [9.17, 15) is 4.79 Å². The van der Waals surface area contributed by atoms with Gasteiger partial charge in [-0.05, 0) is 37.5 Å². The van der Waals surface area contributed by atoms with E-state index in [-0.39, 0.29) is 17.6 Å². The van der Waals surface area contributed by atoms with Gasteiger partial charge < -0.3 is 14.4 Å². The third kappa shape index (κ3) is 3.90. The highest BCUT2D eigenvalue weighted by atomic mass is 16.5. The van der Waals surface area contributed by atoms with E-state index in [4.69, 9.17) is 9.47 Å². The molecule has 1 unspecified atom stereocenters. The number of amides is 1. The Labute approximate surface area is 182 Å². The summed E-state index contributed by atoms with van der Waals surface area (Å²) in [5.41, 5.74) is 2.42. The minimum absolute atomic E-state index is 0.000722. The zero-order chi connectivity index (χ0) is 21.4. The maximum Gasteiger partial charge on any atom is 0.275 e. The molecule has 2 aliphatic rings. The van der Waals surface area contributed by atoms with Gasteiger partial charge in [-0.1, -0.05) is 18.2 Å². The van der Waals surface area contributed by atoms with Crippen molar-refractivity contribution in [3.8, 4) is 5.88 Å². The molecule has 0 N–H and O–H groups in total. The van der Waals surface area contributed by atoms with Crippen molar-refractivity contribution >= 4 is 16.8 Å². The SMILES string of the molecule is Cc1ccnc(OC2CCOC3(CCN(C(=O)c4nn(C)c5ccccc45)CC3)C2)c1. The number of benzene rings is 1. The van der Waals surface area contributed by atoms with Gasteiger partial charge in [-0.25, -0.2) is 4.98 Å².